The molecule has 0 amide bonds. The molecule has 1 rings (SSSR count). The van der Waals surface area contributed by atoms with Crippen LogP contribution in [0.25, 0.3) is 0 Å². The fourth-order valence-corrected chi connectivity index (χ4v) is 1.06. The van der Waals surface area contributed by atoms with Gasteiger partial charge in [-0.15, -0.1) is 12.4 Å². The molecular weight excluding hydrogens is 176 g/mol. The molecule has 0 aromatic carbocycles. The van der Waals surface area contributed by atoms with E-state index in [-0.39, 0.29) is 31.5 Å². The zero-order valence-corrected chi connectivity index (χ0v) is 7.09. The molecule has 0 radical (unpaired) electrons. The standard InChI is InChI=1S/C6H11F2NO.ClH/c1-10-5-2-6(7,8)4-9-3-5;/h5,9H,2-4H2,1H3;1H/t5-;/m1./s1. The summed E-state index contributed by atoms with van der Waals surface area (Å²) in [5.74, 6) is -2.58. The molecule has 0 saturated carbocycles. The van der Waals surface area contributed by atoms with Gasteiger partial charge in [-0.3, -0.25) is 0 Å². The molecule has 0 bridgehead atoms. The van der Waals surface area contributed by atoms with Gasteiger partial charge in [0.2, 0.25) is 0 Å². The molecule has 1 saturated heterocycles. The molecule has 1 fully saturated rings. The second-order valence-electron chi connectivity index (χ2n) is 2.55. The minimum absolute atomic E-state index is 0. The third-order valence-electron chi connectivity index (χ3n) is 1.62. The van der Waals surface area contributed by atoms with E-state index in [4.69, 9.17) is 4.74 Å². The molecule has 1 heterocycles. The number of ether oxygens (including phenoxy) is 1. The average molecular weight is 188 g/mol. The smallest absolute Gasteiger partial charge is 0.262 e. The quantitative estimate of drug-likeness (QED) is 0.663. The fourth-order valence-electron chi connectivity index (χ4n) is 1.06. The van der Waals surface area contributed by atoms with Crippen molar-refractivity contribution in [3.05, 3.63) is 0 Å². The molecule has 0 aromatic rings. The van der Waals surface area contributed by atoms with Crippen LogP contribution in [-0.4, -0.2) is 32.2 Å². The Morgan fingerprint density at radius 2 is 2.18 bits per heavy atom. The van der Waals surface area contributed by atoms with Crippen LogP contribution in [0.4, 0.5) is 8.78 Å². The Hall–Kier alpha value is 0.0700. The lowest BCUT2D eigenvalue weighted by Crippen LogP contribution is -2.47. The normalized spacial score (nSPS) is 29.2. The molecule has 0 unspecified atom stereocenters. The van der Waals surface area contributed by atoms with Crippen LogP contribution < -0.4 is 5.32 Å². The highest BCUT2D eigenvalue weighted by Gasteiger charge is 2.36. The molecule has 0 aliphatic carbocycles. The molecule has 11 heavy (non-hydrogen) atoms. The van der Waals surface area contributed by atoms with Crippen molar-refractivity contribution < 1.29 is 13.5 Å². The van der Waals surface area contributed by atoms with Crippen molar-refractivity contribution in [1.82, 2.24) is 5.32 Å². The molecule has 0 spiro atoms. The van der Waals surface area contributed by atoms with Gasteiger partial charge in [-0.1, -0.05) is 0 Å². The van der Waals surface area contributed by atoms with Crippen LogP contribution in [0.5, 0.6) is 0 Å². The largest absolute Gasteiger partial charge is 0.380 e. The highest BCUT2D eigenvalue weighted by molar-refractivity contribution is 5.85. The number of alkyl halides is 2. The summed E-state index contributed by atoms with van der Waals surface area (Å²) in [6.45, 7) is 0.318. The van der Waals surface area contributed by atoms with Gasteiger partial charge in [0.1, 0.15) is 0 Å². The van der Waals surface area contributed by atoms with Crippen LogP contribution in [0.1, 0.15) is 6.42 Å². The Morgan fingerprint density at radius 1 is 1.55 bits per heavy atom. The Balaban J connectivity index is 0.000001000. The van der Waals surface area contributed by atoms with E-state index in [0.717, 1.165) is 0 Å². The van der Waals surface area contributed by atoms with E-state index in [1.54, 1.807) is 0 Å². The molecule has 1 N–H and O–H groups in total. The van der Waals surface area contributed by atoms with Crippen LogP contribution >= 0.6 is 12.4 Å². The molecular formula is C6H12ClF2NO. The third kappa shape index (κ3) is 3.31. The minimum atomic E-state index is -2.58. The zero-order chi connectivity index (χ0) is 7.61. The highest BCUT2D eigenvalue weighted by Crippen LogP contribution is 2.23. The van der Waals surface area contributed by atoms with Gasteiger partial charge in [0.05, 0.1) is 12.6 Å². The predicted octanol–water partition coefficient (Wildman–Crippen LogP) is 1.05. The van der Waals surface area contributed by atoms with Crippen molar-refractivity contribution in [2.24, 2.45) is 0 Å². The lowest BCUT2D eigenvalue weighted by atomic mass is 10.1. The Bertz CT molecular complexity index is 123. The number of hydrogen-bond donors (Lipinski definition) is 1. The second-order valence-corrected chi connectivity index (χ2v) is 2.55. The van der Waals surface area contributed by atoms with E-state index < -0.39 is 5.92 Å². The summed E-state index contributed by atoms with van der Waals surface area (Å²) in [5.41, 5.74) is 0. The second kappa shape index (κ2) is 4.18. The van der Waals surface area contributed by atoms with Crippen LogP contribution in [0, 0.1) is 0 Å². The van der Waals surface area contributed by atoms with Gasteiger partial charge in [-0.2, -0.15) is 0 Å². The number of piperidine rings is 1. The maximum Gasteiger partial charge on any atom is 0.262 e. The molecule has 2 nitrogen and oxygen atoms in total. The van der Waals surface area contributed by atoms with Gasteiger partial charge in [-0.05, 0) is 0 Å². The van der Waals surface area contributed by atoms with Crippen LogP contribution in [0.15, 0.2) is 0 Å². The Morgan fingerprint density at radius 3 is 2.55 bits per heavy atom. The fraction of sp³-hybridized carbons (Fsp3) is 1.00. The summed E-state index contributed by atoms with van der Waals surface area (Å²) in [5, 5.41) is 2.60. The first kappa shape index (κ1) is 11.1. The van der Waals surface area contributed by atoms with E-state index in [1.165, 1.54) is 7.11 Å². The zero-order valence-electron chi connectivity index (χ0n) is 6.27. The van der Waals surface area contributed by atoms with E-state index in [2.05, 4.69) is 5.32 Å². The van der Waals surface area contributed by atoms with Gasteiger partial charge in [0.15, 0.2) is 0 Å². The summed E-state index contributed by atoms with van der Waals surface area (Å²) in [6.07, 6.45) is -0.486. The summed E-state index contributed by atoms with van der Waals surface area (Å²) in [7, 11) is 1.45. The van der Waals surface area contributed by atoms with Crippen LogP contribution in [0.3, 0.4) is 0 Å². The Kier molecular flexibility index (Phi) is 4.21. The summed E-state index contributed by atoms with van der Waals surface area (Å²) in [6, 6.07) is 0. The van der Waals surface area contributed by atoms with Crippen molar-refractivity contribution in [3.63, 3.8) is 0 Å². The summed E-state index contributed by atoms with van der Waals surface area (Å²) >= 11 is 0. The van der Waals surface area contributed by atoms with Crippen molar-refractivity contribution in [3.8, 4) is 0 Å². The van der Waals surface area contributed by atoms with Gasteiger partial charge in [-0.25, -0.2) is 8.78 Å². The number of hydrogen-bond acceptors (Lipinski definition) is 2. The van der Waals surface area contributed by atoms with Gasteiger partial charge in [0.25, 0.3) is 5.92 Å². The molecule has 0 aromatic heterocycles. The molecule has 68 valence electrons. The first-order valence-corrected chi connectivity index (χ1v) is 3.25. The minimum Gasteiger partial charge on any atom is -0.380 e. The number of methoxy groups -OCH3 is 1. The monoisotopic (exact) mass is 187 g/mol. The van der Waals surface area contributed by atoms with E-state index >= 15 is 0 Å². The van der Waals surface area contributed by atoms with E-state index in [9.17, 15) is 8.78 Å². The predicted molar refractivity (Wildman–Crippen MR) is 40.5 cm³/mol. The summed E-state index contributed by atoms with van der Waals surface area (Å²) in [4.78, 5) is 0. The molecule has 1 aliphatic rings. The molecule has 1 atom stereocenters. The number of halogens is 3. The van der Waals surface area contributed by atoms with Crippen molar-refractivity contribution in [2.45, 2.75) is 18.4 Å². The van der Waals surface area contributed by atoms with E-state index in [1.807, 2.05) is 0 Å². The average Bonchev–Trinajstić information content (AvgIpc) is 1.86. The van der Waals surface area contributed by atoms with Gasteiger partial charge in [0, 0.05) is 20.1 Å². The lowest BCUT2D eigenvalue weighted by molar-refractivity contribution is -0.0741. The van der Waals surface area contributed by atoms with Crippen molar-refractivity contribution in [1.29, 1.82) is 0 Å². The van der Waals surface area contributed by atoms with Crippen LogP contribution in [-0.2, 0) is 4.74 Å². The first-order chi connectivity index (χ1) is 4.64. The maximum absolute atomic E-state index is 12.5. The van der Waals surface area contributed by atoms with Crippen molar-refractivity contribution in [2.75, 3.05) is 20.2 Å². The summed E-state index contributed by atoms with van der Waals surface area (Å²) < 4.78 is 29.8. The van der Waals surface area contributed by atoms with Crippen LogP contribution in [0.2, 0.25) is 0 Å². The molecule has 5 heteroatoms. The highest BCUT2D eigenvalue weighted by atomic mass is 35.5. The topological polar surface area (TPSA) is 21.3 Å². The van der Waals surface area contributed by atoms with Crippen molar-refractivity contribution >= 4 is 12.4 Å². The number of nitrogens with one attached hydrogen (secondary N) is 1. The number of rotatable bonds is 1. The van der Waals surface area contributed by atoms with E-state index in [0.29, 0.717) is 6.54 Å². The Labute approximate surface area is 70.7 Å². The lowest BCUT2D eigenvalue weighted by Gasteiger charge is -2.28. The van der Waals surface area contributed by atoms with Gasteiger partial charge >= 0.3 is 0 Å². The van der Waals surface area contributed by atoms with Gasteiger partial charge < -0.3 is 10.1 Å². The maximum atomic E-state index is 12.5. The SMILES string of the molecule is CO[C@H]1CNCC(F)(F)C1.Cl. The first-order valence-electron chi connectivity index (χ1n) is 3.25. The third-order valence-corrected chi connectivity index (χ3v) is 1.62. The molecule has 1 aliphatic heterocycles.